The first-order chi connectivity index (χ1) is 6.76. The summed E-state index contributed by atoms with van der Waals surface area (Å²) in [6.07, 6.45) is 1.52. The number of rotatable bonds is 5. The van der Waals surface area contributed by atoms with Crippen molar-refractivity contribution < 1.29 is 13.9 Å². The van der Waals surface area contributed by atoms with Crippen molar-refractivity contribution in [2.24, 2.45) is 0 Å². The van der Waals surface area contributed by atoms with Crippen LogP contribution in [0.1, 0.15) is 0 Å². The highest BCUT2D eigenvalue weighted by atomic mass is 19.1. The van der Waals surface area contributed by atoms with E-state index in [1.54, 1.807) is 25.3 Å². The number of ether oxygens (including phenoxy) is 2. The molecule has 1 rings (SSSR count). The molecule has 0 spiro atoms. The zero-order valence-corrected chi connectivity index (χ0v) is 8.07. The van der Waals surface area contributed by atoms with Crippen molar-refractivity contribution in [3.05, 3.63) is 42.7 Å². The quantitative estimate of drug-likeness (QED) is 0.673. The summed E-state index contributed by atoms with van der Waals surface area (Å²) in [7, 11) is 1.58. The van der Waals surface area contributed by atoms with Gasteiger partial charge in [-0.1, -0.05) is 6.08 Å². The van der Waals surface area contributed by atoms with Crippen molar-refractivity contribution in [2.75, 3.05) is 13.7 Å². The Hall–Kier alpha value is -1.35. The second kappa shape index (κ2) is 5.40. The Kier molecular flexibility index (Phi) is 4.13. The van der Waals surface area contributed by atoms with Crippen LogP contribution < -0.4 is 4.74 Å². The summed E-state index contributed by atoms with van der Waals surface area (Å²) in [6, 6.07) is 5.85. The maximum Gasteiger partial charge on any atom is 0.123 e. The van der Waals surface area contributed by atoms with Crippen LogP contribution in [-0.4, -0.2) is 19.8 Å². The molecule has 0 aliphatic heterocycles. The van der Waals surface area contributed by atoms with E-state index >= 15 is 0 Å². The van der Waals surface area contributed by atoms with E-state index in [1.165, 1.54) is 12.1 Å². The summed E-state index contributed by atoms with van der Waals surface area (Å²) in [5.74, 6) is 0.347. The van der Waals surface area contributed by atoms with Crippen molar-refractivity contribution in [3.63, 3.8) is 0 Å². The first-order valence-corrected chi connectivity index (χ1v) is 4.30. The summed E-state index contributed by atoms with van der Waals surface area (Å²) < 4.78 is 22.9. The molecular weight excluding hydrogens is 183 g/mol. The number of hydrogen-bond acceptors (Lipinski definition) is 2. The fourth-order valence-electron chi connectivity index (χ4n) is 0.941. The summed E-state index contributed by atoms with van der Waals surface area (Å²) in [4.78, 5) is 0. The van der Waals surface area contributed by atoms with E-state index in [0.29, 0.717) is 12.4 Å². The number of methoxy groups -OCH3 is 1. The number of benzene rings is 1. The third kappa shape index (κ3) is 3.18. The minimum absolute atomic E-state index is 0.139. The first-order valence-electron chi connectivity index (χ1n) is 4.30. The Morgan fingerprint density at radius 2 is 2.07 bits per heavy atom. The van der Waals surface area contributed by atoms with Crippen LogP contribution in [0.2, 0.25) is 0 Å². The lowest BCUT2D eigenvalue weighted by atomic mass is 10.3. The SMILES string of the molecule is C=CC(COc1ccc(F)cc1)OC. The van der Waals surface area contributed by atoms with Gasteiger partial charge in [0.25, 0.3) is 0 Å². The molecule has 1 aromatic carbocycles. The predicted octanol–water partition coefficient (Wildman–Crippen LogP) is 2.41. The van der Waals surface area contributed by atoms with Gasteiger partial charge in [0.05, 0.1) is 0 Å². The van der Waals surface area contributed by atoms with Gasteiger partial charge in [-0.3, -0.25) is 0 Å². The molecule has 2 nitrogen and oxygen atoms in total. The molecule has 1 unspecified atom stereocenters. The van der Waals surface area contributed by atoms with Crippen molar-refractivity contribution in [1.82, 2.24) is 0 Å². The highest BCUT2D eigenvalue weighted by Gasteiger charge is 2.02. The molecule has 14 heavy (non-hydrogen) atoms. The van der Waals surface area contributed by atoms with Gasteiger partial charge in [-0.15, -0.1) is 6.58 Å². The summed E-state index contributed by atoms with van der Waals surface area (Å²) >= 11 is 0. The van der Waals surface area contributed by atoms with Gasteiger partial charge in [0.2, 0.25) is 0 Å². The summed E-state index contributed by atoms with van der Waals surface area (Å²) in [5.41, 5.74) is 0. The smallest absolute Gasteiger partial charge is 0.123 e. The van der Waals surface area contributed by atoms with Crippen LogP contribution in [-0.2, 0) is 4.74 Å². The molecule has 0 fully saturated rings. The highest BCUT2D eigenvalue weighted by Crippen LogP contribution is 2.11. The van der Waals surface area contributed by atoms with Crippen molar-refractivity contribution >= 4 is 0 Å². The van der Waals surface area contributed by atoms with Crippen LogP contribution in [0.3, 0.4) is 0 Å². The Bertz CT molecular complexity index is 282. The second-order valence-corrected chi connectivity index (χ2v) is 2.77. The molecule has 76 valence electrons. The molecule has 1 atom stereocenters. The first kappa shape index (κ1) is 10.7. The Balaban J connectivity index is 2.45. The fourth-order valence-corrected chi connectivity index (χ4v) is 0.941. The van der Waals surface area contributed by atoms with Gasteiger partial charge in [0.15, 0.2) is 0 Å². The Morgan fingerprint density at radius 3 is 2.57 bits per heavy atom. The lowest BCUT2D eigenvalue weighted by Crippen LogP contribution is -2.17. The van der Waals surface area contributed by atoms with Crippen LogP contribution >= 0.6 is 0 Å². The van der Waals surface area contributed by atoms with Crippen molar-refractivity contribution in [1.29, 1.82) is 0 Å². The van der Waals surface area contributed by atoms with E-state index in [0.717, 1.165) is 0 Å². The predicted molar refractivity (Wildman–Crippen MR) is 52.9 cm³/mol. The van der Waals surface area contributed by atoms with Crippen LogP contribution in [0.4, 0.5) is 4.39 Å². The largest absolute Gasteiger partial charge is 0.491 e. The maximum absolute atomic E-state index is 12.5. The molecule has 0 aliphatic carbocycles. The molecule has 0 bridgehead atoms. The van der Waals surface area contributed by atoms with E-state index in [1.807, 2.05) is 0 Å². The van der Waals surface area contributed by atoms with Gasteiger partial charge in [0, 0.05) is 7.11 Å². The molecule has 0 N–H and O–H groups in total. The standard InChI is InChI=1S/C11H13FO2/c1-3-10(13-2)8-14-11-6-4-9(12)5-7-11/h3-7,10H,1,8H2,2H3. The zero-order chi connectivity index (χ0) is 10.4. The van der Waals surface area contributed by atoms with Gasteiger partial charge >= 0.3 is 0 Å². The molecule has 0 amide bonds. The van der Waals surface area contributed by atoms with Gasteiger partial charge in [-0.2, -0.15) is 0 Å². The average Bonchev–Trinajstić information content (AvgIpc) is 2.22. The minimum atomic E-state index is -0.274. The number of halogens is 1. The fraction of sp³-hybridized carbons (Fsp3) is 0.273. The van der Waals surface area contributed by atoms with Crippen LogP contribution in [0.5, 0.6) is 5.75 Å². The molecule has 0 heterocycles. The van der Waals surface area contributed by atoms with Crippen LogP contribution in [0.15, 0.2) is 36.9 Å². The number of hydrogen-bond donors (Lipinski definition) is 0. The van der Waals surface area contributed by atoms with Crippen molar-refractivity contribution in [3.8, 4) is 5.75 Å². The molecule has 0 saturated heterocycles. The van der Waals surface area contributed by atoms with E-state index in [2.05, 4.69) is 6.58 Å². The summed E-state index contributed by atoms with van der Waals surface area (Å²) in [6.45, 7) is 3.97. The maximum atomic E-state index is 12.5. The second-order valence-electron chi connectivity index (χ2n) is 2.77. The minimum Gasteiger partial charge on any atom is -0.491 e. The average molecular weight is 196 g/mol. The monoisotopic (exact) mass is 196 g/mol. The molecule has 3 heteroatoms. The van der Waals surface area contributed by atoms with E-state index in [-0.39, 0.29) is 11.9 Å². The van der Waals surface area contributed by atoms with E-state index in [9.17, 15) is 4.39 Å². The van der Waals surface area contributed by atoms with Gasteiger partial charge in [-0.05, 0) is 24.3 Å². The van der Waals surface area contributed by atoms with E-state index in [4.69, 9.17) is 9.47 Å². The topological polar surface area (TPSA) is 18.5 Å². The molecular formula is C11H13FO2. The molecule has 0 aliphatic rings. The van der Waals surface area contributed by atoms with Crippen molar-refractivity contribution in [2.45, 2.75) is 6.10 Å². The van der Waals surface area contributed by atoms with Gasteiger partial charge in [0.1, 0.15) is 24.3 Å². The third-order valence-electron chi connectivity index (χ3n) is 1.79. The molecule has 0 saturated carbocycles. The highest BCUT2D eigenvalue weighted by molar-refractivity contribution is 5.22. The summed E-state index contributed by atoms with van der Waals surface area (Å²) in [5, 5.41) is 0. The van der Waals surface area contributed by atoms with Gasteiger partial charge in [-0.25, -0.2) is 4.39 Å². The Morgan fingerprint density at radius 1 is 1.43 bits per heavy atom. The zero-order valence-electron chi connectivity index (χ0n) is 8.07. The normalized spacial score (nSPS) is 12.1. The molecule has 0 aromatic heterocycles. The molecule has 0 radical (unpaired) electrons. The lowest BCUT2D eigenvalue weighted by Gasteiger charge is -2.11. The van der Waals surface area contributed by atoms with Gasteiger partial charge < -0.3 is 9.47 Å². The van der Waals surface area contributed by atoms with Crippen LogP contribution in [0, 0.1) is 5.82 Å². The van der Waals surface area contributed by atoms with Crippen LogP contribution in [0.25, 0.3) is 0 Å². The molecule has 1 aromatic rings. The Labute approximate surface area is 83.0 Å². The van der Waals surface area contributed by atoms with E-state index < -0.39 is 0 Å². The third-order valence-corrected chi connectivity index (χ3v) is 1.79. The lowest BCUT2D eigenvalue weighted by molar-refractivity contribution is 0.0919.